The fourth-order valence-corrected chi connectivity index (χ4v) is 3.68. The predicted octanol–water partition coefficient (Wildman–Crippen LogP) is 3.15. The van der Waals surface area contributed by atoms with Crippen LogP contribution in [0.2, 0.25) is 0 Å². The largest absolute Gasteiger partial charge is 0.508 e. The molecule has 11 nitrogen and oxygen atoms in total. The zero-order valence-electron chi connectivity index (χ0n) is 23.0. The van der Waals surface area contributed by atoms with Gasteiger partial charge in [-0.25, -0.2) is 19.6 Å². The maximum Gasteiger partial charge on any atom is 0.407 e. The molecule has 4 N–H and O–H groups in total. The van der Waals surface area contributed by atoms with Gasteiger partial charge in [0, 0.05) is 6.54 Å². The van der Waals surface area contributed by atoms with E-state index in [4.69, 9.17) is 9.47 Å². The Morgan fingerprint density at radius 2 is 1.74 bits per heavy atom. The zero-order chi connectivity index (χ0) is 28.3. The summed E-state index contributed by atoms with van der Waals surface area (Å²) in [4.78, 5) is 46.7. The van der Waals surface area contributed by atoms with Crippen molar-refractivity contribution in [2.45, 2.75) is 71.9 Å². The van der Waals surface area contributed by atoms with Crippen molar-refractivity contribution in [1.82, 2.24) is 20.6 Å². The van der Waals surface area contributed by atoms with E-state index >= 15 is 0 Å². The Morgan fingerprint density at radius 3 is 2.29 bits per heavy atom. The molecule has 2 rings (SSSR count). The van der Waals surface area contributed by atoms with Crippen LogP contribution in [0.15, 0.2) is 24.3 Å². The number of aromatic hydroxyl groups is 1. The minimum atomic E-state index is -1.13. The van der Waals surface area contributed by atoms with Gasteiger partial charge in [-0.3, -0.25) is 4.79 Å². The third kappa shape index (κ3) is 9.53. The highest BCUT2D eigenvalue weighted by Gasteiger charge is 2.27. The number of hydrogen-bond acceptors (Lipinski definition) is 9. The van der Waals surface area contributed by atoms with Gasteiger partial charge in [0.15, 0.2) is 0 Å². The fraction of sp³-hybridized carbons (Fsp3) is 0.519. The average Bonchev–Trinajstić information content (AvgIpc) is 2.86. The maximum absolute atomic E-state index is 13.3. The van der Waals surface area contributed by atoms with Crippen LogP contribution < -0.4 is 16.0 Å². The second kappa shape index (κ2) is 14.2. The number of aromatic nitrogens is 2. The Hall–Kier alpha value is -3.89. The molecule has 38 heavy (non-hydrogen) atoms. The first-order valence-corrected chi connectivity index (χ1v) is 12.7. The fourth-order valence-electron chi connectivity index (χ4n) is 3.68. The van der Waals surface area contributed by atoms with Gasteiger partial charge in [0.05, 0.1) is 30.6 Å². The second-order valence-corrected chi connectivity index (χ2v) is 9.65. The molecule has 0 spiro atoms. The number of aryl methyl sites for hydroxylation is 3. The minimum absolute atomic E-state index is 0.212. The SMILES string of the molecule is CCc1nc(NCCCc2cccc(O)c2)nc(CC)c1C(=O)NC(CNC(=O)OC(C)(C)C)C(=O)OC. The van der Waals surface area contributed by atoms with Crippen LogP contribution in [0.5, 0.6) is 5.75 Å². The number of anilines is 1. The number of benzene rings is 1. The van der Waals surface area contributed by atoms with Gasteiger partial charge in [-0.15, -0.1) is 0 Å². The van der Waals surface area contributed by atoms with Gasteiger partial charge >= 0.3 is 12.1 Å². The van der Waals surface area contributed by atoms with Crippen molar-refractivity contribution in [1.29, 1.82) is 0 Å². The molecule has 1 heterocycles. The quantitative estimate of drug-likeness (QED) is 0.240. The highest BCUT2D eigenvalue weighted by Crippen LogP contribution is 2.17. The number of ether oxygens (including phenoxy) is 2. The van der Waals surface area contributed by atoms with Crippen LogP contribution in [-0.2, 0) is 33.5 Å². The topological polar surface area (TPSA) is 152 Å². The van der Waals surface area contributed by atoms with Crippen molar-refractivity contribution < 1.29 is 29.0 Å². The summed E-state index contributed by atoms with van der Waals surface area (Å²) >= 11 is 0. The van der Waals surface area contributed by atoms with E-state index in [-0.39, 0.29) is 12.3 Å². The smallest absolute Gasteiger partial charge is 0.407 e. The number of rotatable bonds is 12. The van der Waals surface area contributed by atoms with Crippen molar-refractivity contribution in [2.75, 3.05) is 25.5 Å². The lowest BCUT2D eigenvalue weighted by Gasteiger charge is -2.22. The molecule has 11 heteroatoms. The summed E-state index contributed by atoms with van der Waals surface area (Å²) in [6.07, 6.45) is 1.79. The Morgan fingerprint density at radius 1 is 1.08 bits per heavy atom. The van der Waals surface area contributed by atoms with E-state index in [1.807, 2.05) is 26.0 Å². The molecular formula is C27H39N5O6. The summed E-state index contributed by atoms with van der Waals surface area (Å²) in [5, 5.41) is 18.0. The Labute approximate surface area is 223 Å². The van der Waals surface area contributed by atoms with E-state index in [2.05, 4.69) is 25.9 Å². The summed E-state index contributed by atoms with van der Waals surface area (Å²) in [5.41, 5.74) is 1.69. The van der Waals surface area contributed by atoms with Gasteiger partial charge in [0.1, 0.15) is 17.4 Å². The molecule has 1 atom stereocenters. The highest BCUT2D eigenvalue weighted by molar-refractivity contribution is 5.99. The average molecular weight is 530 g/mol. The molecule has 1 aromatic carbocycles. The van der Waals surface area contributed by atoms with Gasteiger partial charge in [-0.1, -0.05) is 26.0 Å². The third-order valence-corrected chi connectivity index (χ3v) is 5.43. The summed E-state index contributed by atoms with van der Waals surface area (Å²) in [5.74, 6) is -0.586. The molecule has 0 saturated heterocycles. The Kier molecular flexibility index (Phi) is 11.3. The van der Waals surface area contributed by atoms with Crippen LogP contribution in [0.25, 0.3) is 0 Å². The molecular weight excluding hydrogens is 490 g/mol. The number of phenolic OH excluding ortho intramolecular Hbond substituents is 1. The highest BCUT2D eigenvalue weighted by atomic mass is 16.6. The molecule has 0 fully saturated rings. The van der Waals surface area contributed by atoms with Crippen molar-refractivity contribution in [3.63, 3.8) is 0 Å². The number of esters is 1. The number of hydrogen-bond donors (Lipinski definition) is 4. The van der Waals surface area contributed by atoms with Crippen LogP contribution >= 0.6 is 0 Å². The number of carbonyl (C=O) groups excluding carboxylic acids is 3. The van der Waals surface area contributed by atoms with Crippen LogP contribution in [0.1, 0.15) is 68.3 Å². The van der Waals surface area contributed by atoms with Crippen LogP contribution in [-0.4, -0.2) is 64.9 Å². The van der Waals surface area contributed by atoms with Crippen molar-refractivity contribution in [3.05, 3.63) is 46.8 Å². The van der Waals surface area contributed by atoms with Gasteiger partial charge in [0.2, 0.25) is 5.95 Å². The molecule has 1 aromatic heterocycles. The summed E-state index contributed by atoms with van der Waals surface area (Å²) in [6.45, 7) is 9.32. The number of phenols is 1. The predicted molar refractivity (Wildman–Crippen MR) is 143 cm³/mol. The number of nitrogens with zero attached hydrogens (tertiary/aromatic N) is 2. The molecule has 0 aliphatic heterocycles. The minimum Gasteiger partial charge on any atom is -0.508 e. The lowest BCUT2D eigenvalue weighted by molar-refractivity contribution is -0.142. The van der Waals surface area contributed by atoms with Gasteiger partial charge in [0.25, 0.3) is 5.91 Å². The maximum atomic E-state index is 13.3. The number of amides is 2. The van der Waals surface area contributed by atoms with E-state index in [1.165, 1.54) is 7.11 Å². The third-order valence-electron chi connectivity index (χ3n) is 5.43. The number of methoxy groups -OCH3 is 1. The van der Waals surface area contributed by atoms with E-state index in [9.17, 15) is 19.5 Å². The molecule has 0 aliphatic rings. The van der Waals surface area contributed by atoms with Gasteiger partial charge in [-0.2, -0.15) is 0 Å². The Balaban J connectivity index is 2.11. The van der Waals surface area contributed by atoms with E-state index in [1.54, 1.807) is 32.9 Å². The number of alkyl carbamates (subject to hydrolysis) is 1. The molecule has 0 aliphatic carbocycles. The molecule has 2 amide bonds. The molecule has 2 aromatic rings. The van der Waals surface area contributed by atoms with Gasteiger partial charge < -0.3 is 30.5 Å². The Bertz CT molecular complexity index is 1090. The zero-order valence-corrected chi connectivity index (χ0v) is 23.0. The van der Waals surface area contributed by atoms with Crippen LogP contribution in [0.3, 0.4) is 0 Å². The normalized spacial score (nSPS) is 11.8. The van der Waals surface area contributed by atoms with Crippen molar-refractivity contribution >= 4 is 23.9 Å². The van der Waals surface area contributed by atoms with E-state index in [0.29, 0.717) is 42.3 Å². The second-order valence-electron chi connectivity index (χ2n) is 9.65. The molecule has 0 radical (unpaired) electrons. The summed E-state index contributed by atoms with van der Waals surface area (Å²) < 4.78 is 10.0. The standard InChI is InChI=1S/C27H39N5O6/c1-7-19-22(23(34)30-21(24(35)37-6)16-29-26(36)38-27(3,4)5)20(8-2)32-25(31-19)28-14-10-12-17-11-9-13-18(33)15-17/h9,11,13,15,21,33H,7-8,10,12,14,16H2,1-6H3,(H,29,36)(H,30,34)(H,28,31,32). The first-order chi connectivity index (χ1) is 18.0. The monoisotopic (exact) mass is 529 g/mol. The van der Waals surface area contributed by atoms with Crippen molar-refractivity contribution in [2.24, 2.45) is 0 Å². The molecule has 0 bridgehead atoms. The van der Waals surface area contributed by atoms with Crippen LogP contribution in [0, 0.1) is 0 Å². The van der Waals surface area contributed by atoms with Crippen LogP contribution in [0.4, 0.5) is 10.7 Å². The van der Waals surface area contributed by atoms with E-state index in [0.717, 1.165) is 18.4 Å². The van der Waals surface area contributed by atoms with E-state index < -0.39 is 29.6 Å². The molecule has 1 unspecified atom stereocenters. The molecule has 208 valence electrons. The first-order valence-electron chi connectivity index (χ1n) is 12.7. The lowest BCUT2D eigenvalue weighted by atomic mass is 10.1. The van der Waals surface area contributed by atoms with Gasteiger partial charge in [-0.05, 0) is 64.2 Å². The lowest BCUT2D eigenvalue weighted by Crippen LogP contribution is -2.50. The molecule has 0 saturated carbocycles. The number of carbonyl (C=O) groups is 3. The van der Waals surface area contributed by atoms with Crippen molar-refractivity contribution in [3.8, 4) is 5.75 Å². The summed E-state index contributed by atoms with van der Waals surface area (Å²) in [7, 11) is 1.20. The first kappa shape index (κ1) is 30.3. The summed E-state index contributed by atoms with van der Waals surface area (Å²) in [6, 6.07) is 6.00. The number of nitrogens with one attached hydrogen (secondary N) is 3.